The van der Waals surface area contributed by atoms with Crippen molar-refractivity contribution in [2.24, 2.45) is 5.92 Å². The van der Waals surface area contributed by atoms with Crippen LogP contribution in [0, 0.1) is 5.92 Å². The molecule has 2 aliphatic heterocycles. The maximum Gasteiger partial charge on any atom is 0.424 e. The molecular weight excluding hydrogens is 451 g/mol. The van der Waals surface area contributed by atoms with Crippen molar-refractivity contribution in [2.45, 2.75) is 51.1 Å². The number of alkyl halides is 3. The monoisotopic (exact) mass is 477 g/mol. The second-order valence-corrected chi connectivity index (χ2v) is 10.7. The van der Waals surface area contributed by atoms with E-state index in [0.717, 1.165) is 0 Å². The Morgan fingerprint density at radius 3 is 2.50 bits per heavy atom. The van der Waals surface area contributed by atoms with Crippen LogP contribution in [-0.2, 0) is 22.2 Å². The lowest BCUT2D eigenvalue weighted by molar-refractivity contribution is -0.262. The smallest absolute Gasteiger partial charge is 0.424 e. The van der Waals surface area contributed by atoms with Gasteiger partial charge in [0.1, 0.15) is 0 Å². The van der Waals surface area contributed by atoms with Gasteiger partial charge in [-0.3, -0.25) is 4.68 Å². The van der Waals surface area contributed by atoms with Crippen molar-refractivity contribution in [3.8, 4) is 17.3 Å². The van der Waals surface area contributed by atoms with Crippen LogP contribution in [0.5, 0.6) is 5.88 Å². The quantitative estimate of drug-likeness (QED) is 0.708. The Morgan fingerprint density at radius 1 is 1.25 bits per heavy atom. The van der Waals surface area contributed by atoms with E-state index in [1.165, 1.54) is 21.3 Å². The Kier molecular flexibility index (Phi) is 5.57. The Balaban J connectivity index is 1.50. The van der Waals surface area contributed by atoms with Gasteiger partial charge in [-0.05, 0) is 32.6 Å². The summed E-state index contributed by atoms with van der Waals surface area (Å²) in [6.07, 6.45) is -0.998. The first-order valence-electron chi connectivity index (χ1n) is 10.3. The van der Waals surface area contributed by atoms with Crippen LogP contribution in [0.1, 0.15) is 38.6 Å². The maximum absolute atomic E-state index is 13.4. The SMILES string of the molecule is C[C@H]1Cn2nc(OCC3CCN(S(C)(=O)=O)CC3)cc2-c2cnc([C@@](C)(O)C(F)(F)F)n21. The largest absolute Gasteiger partial charge is 0.476 e. The third-order valence-corrected chi connectivity index (χ3v) is 7.49. The van der Waals surface area contributed by atoms with Gasteiger partial charge in [-0.15, -0.1) is 5.10 Å². The van der Waals surface area contributed by atoms with E-state index in [-0.39, 0.29) is 5.92 Å². The topological polar surface area (TPSA) is 102 Å². The molecule has 0 amide bonds. The number of aliphatic hydroxyl groups is 1. The van der Waals surface area contributed by atoms with Gasteiger partial charge in [-0.1, -0.05) is 0 Å². The molecule has 0 radical (unpaired) electrons. The van der Waals surface area contributed by atoms with Gasteiger partial charge in [-0.2, -0.15) is 13.2 Å². The lowest BCUT2D eigenvalue weighted by atomic mass is 9.99. The fourth-order valence-corrected chi connectivity index (χ4v) is 5.11. The molecule has 2 aromatic rings. The van der Waals surface area contributed by atoms with Crippen LogP contribution < -0.4 is 4.74 Å². The predicted molar refractivity (Wildman–Crippen MR) is 108 cm³/mol. The number of fused-ring (bicyclic) bond motifs is 3. The Hall–Kier alpha value is -2.12. The van der Waals surface area contributed by atoms with Crippen LogP contribution in [0.2, 0.25) is 0 Å². The summed E-state index contributed by atoms with van der Waals surface area (Å²) in [7, 11) is -3.19. The molecular formula is C19H26F3N5O4S. The zero-order valence-electron chi connectivity index (χ0n) is 18.0. The average molecular weight is 478 g/mol. The standard InChI is InChI=1S/C19H26F3N5O4S/c1-12-10-26-14(15-9-23-17(27(12)15)18(2,28)19(20,21)22)8-16(24-26)31-11-13-4-6-25(7-5-13)32(3,29)30/h8-9,12-13,28H,4-7,10-11H2,1-3H3/t12-,18+/m0/s1. The Bertz CT molecular complexity index is 1100. The summed E-state index contributed by atoms with van der Waals surface area (Å²) in [5.41, 5.74) is -2.10. The summed E-state index contributed by atoms with van der Waals surface area (Å²) in [6, 6.07) is 1.24. The molecule has 4 rings (SSSR count). The van der Waals surface area contributed by atoms with Crippen molar-refractivity contribution in [2.75, 3.05) is 26.0 Å². The van der Waals surface area contributed by atoms with Crippen molar-refractivity contribution >= 4 is 10.0 Å². The van der Waals surface area contributed by atoms with Crippen LogP contribution in [0.3, 0.4) is 0 Å². The number of sulfonamides is 1. The lowest BCUT2D eigenvalue weighted by Crippen LogP contribution is -2.42. The van der Waals surface area contributed by atoms with Gasteiger partial charge in [-0.25, -0.2) is 17.7 Å². The maximum atomic E-state index is 13.4. The minimum Gasteiger partial charge on any atom is -0.476 e. The molecule has 2 aromatic heterocycles. The molecule has 1 fully saturated rings. The molecule has 2 aliphatic rings. The number of nitrogens with zero attached hydrogens (tertiary/aromatic N) is 5. The predicted octanol–water partition coefficient (Wildman–Crippen LogP) is 2.14. The van der Waals surface area contributed by atoms with Crippen molar-refractivity contribution in [1.29, 1.82) is 0 Å². The molecule has 2 atom stereocenters. The molecule has 0 aromatic carbocycles. The molecule has 0 aliphatic carbocycles. The van der Waals surface area contributed by atoms with Gasteiger partial charge in [0.15, 0.2) is 5.82 Å². The zero-order valence-corrected chi connectivity index (χ0v) is 18.8. The Morgan fingerprint density at radius 2 is 1.91 bits per heavy atom. The van der Waals surface area contributed by atoms with Crippen molar-refractivity contribution in [3.05, 3.63) is 18.1 Å². The summed E-state index contributed by atoms with van der Waals surface area (Å²) in [5.74, 6) is 0.0706. The number of hydrogen-bond acceptors (Lipinski definition) is 6. The van der Waals surface area contributed by atoms with Crippen molar-refractivity contribution in [3.63, 3.8) is 0 Å². The van der Waals surface area contributed by atoms with Crippen molar-refractivity contribution < 1.29 is 31.4 Å². The van der Waals surface area contributed by atoms with E-state index < -0.39 is 33.7 Å². The fraction of sp³-hybridized carbons (Fsp3) is 0.684. The highest BCUT2D eigenvalue weighted by Gasteiger charge is 2.55. The third kappa shape index (κ3) is 4.01. The number of piperidine rings is 1. The van der Waals surface area contributed by atoms with Crippen molar-refractivity contribution in [1.82, 2.24) is 23.6 Å². The minimum absolute atomic E-state index is 0.185. The van der Waals surface area contributed by atoms with Gasteiger partial charge in [0.05, 0.1) is 43.0 Å². The van der Waals surface area contributed by atoms with Gasteiger partial charge in [0, 0.05) is 19.2 Å². The second-order valence-electron chi connectivity index (χ2n) is 8.72. The molecule has 4 heterocycles. The van der Waals surface area contributed by atoms with Gasteiger partial charge in [0.25, 0.3) is 0 Å². The van der Waals surface area contributed by atoms with Crippen LogP contribution >= 0.6 is 0 Å². The number of ether oxygens (including phenoxy) is 1. The second kappa shape index (κ2) is 7.73. The molecule has 13 heteroatoms. The highest BCUT2D eigenvalue weighted by atomic mass is 32.2. The summed E-state index contributed by atoms with van der Waals surface area (Å²) < 4.78 is 73.8. The van der Waals surface area contributed by atoms with Gasteiger partial charge < -0.3 is 14.4 Å². The average Bonchev–Trinajstić information content (AvgIpc) is 3.29. The molecule has 0 spiro atoms. The summed E-state index contributed by atoms with van der Waals surface area (Å²) in [5, 5.41) is 14.6. The van der Waals surface area contributed by atoms with E-state index in [1.807, 2.05) is 0 Å². The lowest BCUT2D eigenvalue weighted by Gasteiger charge is -2.31. The minimum atomic E-state index is -4.87. The number of aromatic nitrogens is 4. The molecule has 1 saturated heterocycles. The number of imidazole rings is 1. The summed E-state index contributed by atoms with van der Waals surface area (Å²) >= 11 is 0. The number of hydrogen-bond donors (Lipinski definition) is 1. The van der Waals surface area contributed by atoms with Crippen LogP contribution in [-0.4, -0.2) is 69.3 Å². The molecule has 0 unspecified atom stereocenters. The summed E-state index contributed by atoms with van der Waals surface area (Å²) in [4.78, 5) is 3.90. The Labute approximate surface area is 183 Å². The molecule has 1 N–H and O–H groups in total. The normalized spacial score (nSPS) is 22.3. The molecule has 9 nitrogen and oxygen atoms in total. The highest BCUT2D eigenvalue weighted by Crippen LogP contribution is 2.42. The van der Waals surface area contributed by atoms with E-state index in [4.69, 9.17) is 4.74 Å². The van der Waals surface area contributed by atoms with E-state index in [0.29, 0.717) is 63.3 Å². The number of halogens is 3. The molecule has 0 bridgehead atoms. The highest BCUT2D eigenvalue weighted by molar-refractivity contribution is 7.88. The van der Waals surface area contributed by atoms with Crippen LogP contribution in [0.4, 0.5) is 13.2 Å². The number of rotatable bonds is 5. The first kappa shape index (κ1) is 23.1. The van der Waals surface area contributed by atoms with E-state index in [9.17, 15) is 26.7 Å². The van der Waals surface area contributed by atoms with Crippen LogP contribution in [0.25, 0.3) is 11.4 Å². The fourth-order valence-electron chi connectivity index (χ4n) is 4.24. The van der Waals surface area contributed by atoms with E-state index in [2.05, 4.69) is 10.1 Å². The zero-order chi connectivity index (χ0) is 23.5. The van der Waals surface area contributed by atoms with Crippen LogP contribution in [0.15, 0.2) is 12.3 Å². The van der Waals surface area contributed by atoms with E-state index >= 15 is 0 Å². The van der Waals surface area contributed by atoms with E-state index in [1.54, 1.807) is 17.7 Å². The molecule has 178 valence electrons. The van der Waals surface area contributed by atoms with Gasteiger partial charge >= 0.3 is 6.18 Å². The molecule has 0 saturated carbocycles. The van der Waals surface area contributed by atoms with Gasteiger partial charge in [0.2, 0.25) is 21.5 Å². The first-order chi connectivity index (χ1) is 14.8. The third-order valence-electron chi connectivity index (χ3n) is 6.19. The molecule has 32 heavy (non-hydrogen) atoms. The summed E-state index contributed by atoms with van der Waals surface area (Å²) in [6.45, 7) is 4.01. The first-order valence-corrected chi connectivity index (χ1v) is 12.2.